The lowest BCUT2D eigenvalue weighted by Crippen LogP contribution is -2.40. The Labute approximate surface area is 146 Å². The molecule has 0 radical (unpaired) electrons. The Morgan fingerprint density at radius 1 is 1.35 bits per heavy atom. The molecule has 120 valence electrons. The topological polar surface area (TPSA) is 58.6 Å². The molecule has 1 saturated heterocycles. The quantitative estimate of drug-likeness (QED) is 0.807. The molecule has 1 aromatic heterocycles. The van der Waals surface area contributed by atoms with Gasteiger partial charge in [-0.3, -0.25) is 9.69 Å². The van der Waals surface area contributed by atoms with Gasteiger partial charge < -0.3 is 10.1 Å². The molecule has 7 heteroatoms. The van der Waals surface area contributed by atoms with E-state index in [1.165, 1.54) is 16.2 Å². The highest BCUT2D eigenvalue weighted by molar-refractivity contribution is 9.10. The van der Waals surface area contributed by atoms with Gasteiger partial charge in [0.2, 0.25) is 0 Å². The van der Waals surface area contributed by atoms with E-state index in [4.69, 9.17) is 4.74 Å². The molecule has 1 fully saturated rings. The number of hydrogen-bond acceptors (Lipinski definition) is 4. The first-order valence-corrected chi connectivity index (χ1v) is 8.63. The summed E-state index contributed by atoms with van der Waals surface area (Å²) in [4.78, 5) is 27.2. The summed E-state index contributed by atoms with van der Waals surface area (Å²) in [5.74, 6) is 0.380. The van der Waals surface area contributed by atoms with Gasteiger partial charge in [0.15, 0.2) is 5.54 Å². The maximum atomic E-state index is 12.8. The van der Waals surface area contributed by atoms with Crippen LogP contribution in [-0.4, -0.2) is 23.9 Å². The van der Waals surface area contributed by atoms with Crippen LogP contribution in [0.4, 0.5) is 4.79 Å². The summed E-state index contributed by atoms with van der Waals surface area (Å²) in [6, 6.07) is 8.82. The van der Waals surface area contributed by atoms with Crippen LogP contribution in [0.5, 0.6) is 5.75 Å². The molecule has 1 aromatic carbocycles. The van der Waals surface area contributed by atoms with Crippen LogP contribution in [0.3, 0.4) is 0 Å². The van der Waals surface area contributed by atoms with Crippen LogP contribution in [0.1, 0.15) is 17.4 Å². The number of amides is 3. The average molecular weight is 395 g/mol. The smallest absolute Gasteiger partial charge is 0.325 e. The molecule has 1 atom stereocenters. The highest BCUT2D eigenvalue weighted by atomic mass is 79.9. The lowest BCUT2D eigenvalue weighted by molar-refractivity contribution is -0.131. The minimum Gasteiger partial charge on any atom is -0.496 e. The van der Waals surface area contributed by atoms with Crippen molar-refractivity contribution in [1.82, 2.24) is 10.2 Å². The number of carbonyl (C=O) groups excluding carboxylic acids is 2. The Kier molecular flexibility index (Phi) is 4.16. The van der Waals surface area contributed by atoms with E-state index in [0.717, 1.165) is 14.9 Å². The maximum absolute atomic E-state index is 12.8. The lowest BCUT2D eigenvalue weighted by Gasteiger charge is -2.20. The summed E-state index contributed by atoms with van der Waals surface area (Å²) < 4.78 is 6.18. The van der Waals surface area contributed by atoms with Crippen molar-refractivity contribution in [3.8, 4) is 5.75 Å². The minimum atomic E-state index is -1.01. The van der Waals surface area contributed by atoms with Crippen molar-refractivity contribution in [2.75, 3.05) is 7.11 Å². The van der Waals surface area contributed by atoms with Crippen LogP contribution in [0.15, 0.2) is 40.2 Å². The van der Waals surface area contributed by atoms with Crippen molar-refractivity contribution in [3.63, 3.8) is 0 Å². The van der Waals surface area contributed by atoms with E-state index in [1.54, 1.807) is 20.1 Å². The zero-order valence-corrected chi connectivity index (χ0v) is 15.0. The number of urea groups is 1. The third-order valence-electron chi connectivity index (χ3n) is 3.86. The number of methoxy groups -OCH3 is 1. The summed E-state index contributed by atoms with van der Waals surface area (Å²) in [5, 5.41) is 4.69. The number of hydrogen-bond donors (Lipinski definition) is 1. The highest BCUT2D eigenvalue weighted by Crippen LogP contribution is 2.34. The number of rotatable bonds is 4. The number of benzene rings is 1. The van der Waals surface area contributed by atoms with Crippen LogP contribution < -0.4 is 10.1 Å². The normalized spacial score (nSPS) is 20.7. The van der Waals surface area contributed by atoms with Crippen molar-refractivity contribution in [2.45, 2.75) is 19.0 Å². The van der Waals surface area contributed by atoms with Gasteiger partial charge in [-0.25, -0.2) is 4.79 Å². The van der Waals surface area contributed by atoms with E-state index in [9.17, 15) is 9.59 Å². The second kappa shape index (κ2) is 5.98. The van der Waals surface area contributed by atoms with Gasteiger partial charge in [0, 0.05) is 14.9 Å². The first-order chi connectivity index (χ1) is 11.0. The number of ether oxygens (including phenoxy) is 1. The number of carbonyl (C=O) groups is 2. The molecule has 2 aromatic rings. The molecule has 0 saturated carbocycles. The zero-order valence-electron chi connectivity index (χ0n) is 12.6. The largest absolute Gasteiger partial charge is 0.496 e. The van der Waals surface area contributed by atoms with Gasteiger partial charge >= 0.3 is 6.03 Å². The number of imide groups is 1. The van der Waals surface area contributed by atoms with Gasteiger partial charge in [0.25, 0.3) is 5.91 Å². The van der Waals surface area contributed by atoms with Gasteiger partial charge in [0.05, 0.1) is 13.7 Å². The van der Waals surface area contributed by atoms with Crippen LogP contribution in [0, 0.1) is 0 Å². The van der Waals surface area contributed by atoms with Crippen LogP contribution in [-0.2, 0) is 16.9 Å². The number of halogens is 1. The molecule has 0 bridgehead atoms. The molecule has 1 aliphatic heterocycles. The van der Waals surface area contributed by atoms with Crippen molar-refractivity contribution in [3.05, 3.63) is 50.6 Å². The molecular formula is C16H15BrN2O3S. The van der Waals surface area contributed by atoms with Gasteiger partial charge in [-0.05, 0) is 36.6 Å². The van der Waals surface area contributed by atoms with E-state index in [1.807, 2.05) is 29.6 Å². The van der Waals surface area contributed by atoms with Crippen molar-refractivity contribution in [2.24, 2.45) is 0 Å². The summed E-state index contributed by atoms with van der Waals surface area (Å²) >= 11 is 4.85. The van der Waals surface area contributed by atoms with E-state index in [2.05, 4.69) is 21.2 Å². The second-order valence-corrected chi connectivity index (χ2v) is 7.24. The third kappa shape index (κ3) is 2.74. The Bertz CT molecular complexity index is 763. The Morgan fingerprint density at radius 3 is 2.78 bits per heavy atom. The first-order valence-electron chi connectivity index (χ1n) is 6.96. The molecule has 0 spiro atoms. The fourth-order valence-corrected chi connectivity index (χ4v) is 3.86. The maximum Gasteiger partial charge on any atom is 0.325 e. The molecule has 3 amide bonds. The summed E-state index contributed by atoms with van der Waals surface area (Å²) in [7, 11) is 1.56. The van der Waals surface area contributed by atoms with Gasteiger partial charge in [-0.15, -0.1) is 11.3 Å². The molecule has 2 heterocycles. The predicted molar refractivity (Wildman–Crippen MR) is 91.4 cm³/mol. The minimum absolute atomic E-state index is 0.161. The Morgan fingerprint density at radius 2 is 2.13 bits per heavy atom. The first kappa shape index (κ1) is 16.0. The molecular weight excluding hydrogens is 380 g/mol. The fraction of sp³-hybridized carbons (Fsp3) is 0.250. The van der Waals surface area contributed by atoms with Crippen molar-refractivity contribution >= 4 is 39.2 Å². The second-order valence-electron chi connectivity index (χ2n) is 5.38. The van der Waals surface area contributed by atoms with Crippen LogP contribution in [0.25, 0.3) is 0 Å². The average Bonchev–Trinajstić information content (AvgIpc) is 3.12. The Hall–Kier alpha value is -1.86. The standard InChI is InChI=1S/C16H15BrN2O3S/c1-16(13-4-3-7-23-13)14(20)19(15(21)18-16)9-10-8-11(17)5-6-12(10)22-2/h3-8H,9H2,1-2H3,(H,18,21). The summed E-state index contributed by atoms with van der Waals surface area (Å²) in [6.07, 6.45) is 0. The van der Waals surface area contributed by atoms with Gasteiger partial charge in [-0.2, -0.15) is 0 Å². The van der Waals surface area contributed by atoms with Crippen molar-refractivity contribution in [1.29, 1.82) is 0 Å². The SMILES string of the molecule is COc1ccc(Br)cc1CN1C(=O)NC(C)(c2cccs2)C1=O. The number of nitrogens with zero attached hydrogens (tertiary/aromatic N) is 1. The highest BCUT2D eigenvalue weighted by Gasteiger charge is 2.49. The van der Waals surface area contributed by atoms with Crippen molar-refractivity contribution < 1.29 is 14.3 Å². The molecule has 1 aliphatic rings. The Balaban J connectivity index is 1.91. The molecule has 23 heavy (non-hydrogen) atoms. The van der Waals surface area contributed by atoms with E-state index in [-0.39, 0.29) is 12.5 Å². The van der Waals surface area contributed by atoms with E-state index in [0.29, 0.717) is 5.75 Å². The van der Waals surface area contributed by atoms with Crippen LogP contribution in [0.2, 0.25) is 0 Å². The zero-order chi connectivity index (χ0) is 16.6. The monoisotopic (exact) mass is 394 g/mol. The predicted octanol–water partition coefficient (Wildman–Crippen LogP) is 3.49. The summed E-state index contributed by atoms with van der Waals surface area (Å²) in [6.45, 7) is 1.89. The molecule has 0 aliphatic carbocycles. The van der Waals surface area contributed by atoms with Gasteiger partial charge in [0.1, 0.15) is 5.75 Å². The number of nitrogens with one attached hydrogen (secondary N) is 1. The lowest BCUT2D eigenvalue weighted by atomic mass is 10.0. The molecule has 1 unspecified atom stereocenters. The summed E-state index contributed by atoms with van der Waals surface area (Å²) in [5.41, 5.74) is -0.245. The number of thiophene rings is 1. The van der Waals surface area contributed by atoms with E-state index < -0.39 is 11.6 Å². The third-order valence-corrected chi connectivity index (χ3v) is 5.44. The van der Waals surface area contributed by atoms with Gasteiger partial charge in [-0.1, -0.05) is 22.0 Å². The fourth-order valence-electron chi connectivity index (χ4n) is 2.61. The molecule has 3 rings (SSSR count). The molecule has 5 nitrogen and oxygen atoms in total. The van der Waals surface area contributed by atoms with E-state index >= 15 is 0 Å². The van der Waals surface area contributed by atoms with Crippen LogP contribution >= 0.6 is 27.3 Å². The molecule has 1 N–H and O–H groups in total.